The van der Waals surface area contributed by atoms with E-state index in [4.69, 9.17) is 0 Å². The smallest absolute Gasteiger partial charge is 0.597 e. The van der Waals surface area contributed by atoms with Gasteiger partial charge >= 0.3 is 29.6 Å². The standard InChI is InChI=1S/CH2OSi.Na/c1-2-3;/h1H2;/q-1;+1. The van der Waals surface area contributed by atoms with Gasteiger partial charge in [0.1, 0.15) is 0 Å². The van der Waals surface area contributed by atoms with Gasteiger partial charge in [-0.1, -0.05) is 0 Å². The third-order valence-electron chi connectivity index (χ3n) is 0. The SMILES string of the molecule is [CH2-]O[Si].[Na+]. The van der Waals surface area contributed by atoms with Gasteiger partial charge in [-0.3, -0.25) is 0 Å². The van der Waals surface area contributed by atoms with Crippen molar-refractivity contribution in [2.45, 2.75) is 0 Å². The molecule has 0 unspecified atom stereocenters. The van der Waals surface area contributed by atoms with Crippen LogP contribution in [0.15, 0.2) is 0 Å². The van der Waals surface area contributed by atoms with Crippen molar-refractivity contribution in [2.75, 3.05) is 0 Å². The summed E-state index contributed by atoms with van der Waals surface area (Å²) >= 11 is 0. The fraction of sp³-hybridized carbons (Fsp3) is 0. The largest absolute Gasteiger partial charge is 1.00 e. The summed E-state index contributed by atoms with van der Waals surface area (Å²) in [6.07, 6.45) is 0. The molecular formula is CH2NaOSi. The molecule has 1 nitrogen and oxygen atoms in total. The predicted octanol–water partition coefficient (Wildman–Crippen LogP) is -3.12. The van der Waals surface area contributed by atoms with Crippen molar-refractivity contribution in [3.05, 3.63) is 7.11 Å². The van der Waals surface area contributed by atoms with Crippen LogP contribution in [0.5, 0.6) is 0 Å². The summed E-state index contributed by atoms with van der Waals surface area (Å²) in [5, 5.41) is 0. The topological polar surface area (TPSA) is 9.23 Å². The van der Waals surface area contributed by atoms with Gasteiger partial charge in [-0.2, -0.15) is 0 Å². The van der Waals surface area contributed by atoms with Crippen LogP contribution in [-0.2, 0) is 4.43 Å². The summed E-state index contributed by atoms with van der Waals surface area (Å²) in [7, 11) is 5.47. The third-order valence-corrected chi connectivity index (χ3v) is 0. The Balaban J connectivity index is 0. The molecule has 0 heterocycles. The monoisotopic (exact) mass is 81.0 g/mol. The molecule has 3 radical (unpaired) electrons. The molecule has 0 rings (SSSR count). The first kappa shape index (κ1) is 8.95. The molecule has 0 N–H and O–H groups in total. The minimum atomic E-state index is 0. The van der Waals surface area contributed by atoms with Crippen LogP contribution in [0.2, 0.25) is 0 Å². The quantitative estimate of drug-likeness (QED) is 0.221. The molecule has 3 heteroatoms. The molecule has 0 aliphatic carbocycles. The second-order valence-electron chi connectivity index (χ2n) is 0.144. The second kappa shape index (κ2) is 8.90. The van der Waals surface area contributed by atoms with Crippen molar-refractivity contribution < 1.29 is 34.0 Å². The average molecular weight is 81.1 g/mol. The number of rotatable bonds is 0. The first-order valence-corrected chi connectivity index (χ1v) is 0.901. The molecule has 4 heavy (non-hydrogen) atoms. The van der Waals surface area contributed by atoms with E-state index in [9.17, 15) is 0 Å². The van der Waals surface area contributed by atoms with E-state index in [0.717, 1.165) is 0 Å². The first-order chi connectivity index (χ1) is 1.41. The minimum Gasteiger partial charge on any atom is -0.597 e. The molecule has 0 aromatic heterocycles. The minimum absolute atomic E-state index is 0. The van der Waals surface area contributed by atoms with Gasteiger partial charge in [0.2, 0.25) is 10.5 Å². The molecule has 0 aromatic rings. The molecular weight excluding hydrogens is 79.1 g/mol. The molecule has 0 bridgehead atoms. The van der Waals surface area contributed by atoms with Crippen molar-refractivity contribution in [3.8, 4) is 0 Å². The molecule has 17 valence electrons. The summed E-state index contributed by atoms with van der Waals surface area (Å²) in [6.45, 7) is 0. The maximum absolute atomic E-state index is 3.81. The fourth-order valence-corrected chi connectivity index (χ4v) is 0. The molecule has 0 atom stereocenters. The summed E-state index contributed by atoms with van der Waals surface area (Å²) in [4.78, 5) is 0. The van der Waals surface area contributed by atoms with Crippen LogP contribution in [0.25, 0.3) is 0 Å². The van der Waals surface area contributed by atoms with Crippen molar-refractivity contribution in [2.24, 2.45) is 0 Å². The Morgan fingerprint density at radius 3 is 1.75 bits per heavy atom. The zero-order valence-corrected chi connectivity index (χ0v) is 5.62. The van der Waals surface area contributed by atoms with Gasteiger partial charge in [-0.15, -0.1) is 0 Å². The van der Waals surface area contributed by atoms with Crippen molar-refractivity contribution >= 4 is 10.5 Å². The van der Waals surface area contributed by atoms with Crippen LogP contribution < -0.4 is 29.6 Å². The fourth-order valence-electron chi connectivity index (χ4n) is 0. The van der Waals surface area contributed by atoms with E-state index in [1.807, 2.05) is 0 Å². The van der Waals surface area contributed by atoms with E-state index in [1.165, 1.54) is 0 Å². The van der Waals surface area contributed by atoms with E-state index < -0.39 is 0 Å². The number of hydrogen-bond acceptors (Lipinski definition) is 1. The first-order valence-electron chi connectivity index (χ1n) is 0.493. The molecule has 0 saturated heterocycles. The van der Waals surface area contributed by atoms with Gasteiger partial charge in [0, 0.05) is 0 Å². The molecule has 0 aliphatic heterocycles. The van der Waals surface area contributed by atoms with Crippen molar-refractivity contribution in [1.82, 2.24) is 0 Å². The Hall–Kier alpha value is 1.18. The van der Waals surface area contributed by atoms with Crippen LogP contribution in [0.3, 0.4) is 0 Å². The van der Waals surface area contributed by atoms with E-state index >= 15 is 0 Å². The van der Waals surface area contributed by atoms with Crippen LogP contribution in [-0.4, -0.2) is 10.5 Å². The number of hydrogen-bond donors (Lipinski definition) is 0. The maximum atomic E-state index is 3.81. The Morgan fingerprint density at radius 1 is 1.75 bits per heavy atom. The Bertz CT molecular complexity index is 8.00. The van der Waals surface area contributed by atoms with Crippen LogP contribution in [0, 0.1) is 7.11 Å². The summed E-state index contributed by atoms with van der Waals surface area (Å²) in [5.41, 5.74) is 0. The molecule has 0 saturated carbocycles. The van der Waals surface area contributed by atoms with Crippen LogP contribution in [0.4, 0.5) is 0 Å². The van der Waals surface area contributed by atoms with Gasteiger partial charge in [-0.05, 0) is 0 Å². The van der Waals surface area contributed by atoms with E-state index in [0.29, 0.717) is 0 Å². The zero-order chi connectivity index (χ0) is 2.71. The van der Waals surface area contributed by atoms with Crippen molar-refractivity contribution in [3.63, 3.8) is 0 Å². The van der Waals surface area contributed by atoms with Crippen LogP contribution >= 0.6 is 0 Å². The predicted molar refractivity (Wildman–Crippen MR) is 12.2 cm³/mol. The molecule has 0 amide bonds. The Kier molecular flexibility index (Phi) is 19.9. The normalized spacial score (nSPS) is 4.50. The van der Waals surface area contributed by atoms with Crippen LogP contribution in [0.1, 0.15) is 0 Å². The van der Waals surface area contributed by atoms with Gasteiger partial charge in [0.05, 0.1) is 0 Å². The van der Waals surface area contributed by atoms with Gasteiger partial charge in [0.15, 0.2) is 0 Å². The summed E-state index contributed by atoms with van der Waals surface area (Å²) in [5.74, 6) is 0. The van der Waals surface area contributed by atoms with Gasteiger partial charge in [0.25, 0.3) is 0 Å². The molecule has 0 aromatic carbocycles. The molecule has 0 fully saturated rings. The summed E-state index contributed by atoms with van der Waals surface area (Å²) < 4.78 is 3.81. The zero-order valence-electron chi connectivity index (χ0n) is 2.62. The van der Waals surface area contributed by atoms with E-state index in [1.54, 1.807) is 0 Å². The van der Waals surface area contributed by atoms with E-state index in [-0.39, 0.29) is 29.6 Å². The summed E-state index contributed by atoms with van der Waals surface area (Å²) in [6, 6.07) is 0. The molecule has 0 spiro atoms. The third kappa shape index (κ3) is 10.9. The average Bonchev–Trinajstić information content (AvgIpc) is 0.918. The second-order valence-corrected chi connectivity index (χ2v) is 0.433. The Morgan fingerprint density at radius 2 is 1.75 bits per heavy atom. The van der Waals surface area contributed by atoms with Gasteiger partial charge in [-0.25, -0.2) is 7.11 Å². The van der Waals surface area contributed by atoms with Gasteiger partial charge < -0.3 is 4.43 Å². The molecule has 0 aliphatic rings. The maximum Gasteiger partial charge on any atom is 1.00 e. The van der Waals surface area contributed by atoms with E-state index in [2.05, 4.69) is 22.0 Å². The Labute approximate surface area is 51.6 Å². The van der Waals surface area contributed by atoms with Crippen molar-refractivity contribution in [1.29, 1.82) is 0 Å².